The van der Waals surface area contributed by atoms with Crippen LogP contribution < -0.4 is 4.74 Å². The lowest BCUT2D eigenvalue weighted by Crippen LogP contribution is -2.13. The molecule has 4 rings (SSSR count). The van der Waals surface area contributed by atoms with E-state index in [1.807, 2.05) is 13.0 Å². The predicted octanol–water partition coefficient (Wildman–Crippen LogP) is 7.14. The lowest BCUT2D eigenvalue weighted by atomic mass is 9.79. The van der Waals surface area contributed by atoms with E-state index in [0.717, 1.165) is 31.4 Å². The largest absolute Gasteiger partial charge is 0.494 e. The maximum Gasteiger partial charge on any atom is 0.119 e. The van der Waals surface area contributed by atoms with E-state index < -0.39 is 0 Å². The van der Waals surface area contributed by atoms with Crippen LogP contribution in [0.3, 0.4) is 0 Å². The van der Waals surface area contributed by atoms with Crippen LogP contribution >= 0.6 is 0 Å². The minimum atomic E-state index is 0.632. The van der Waals surface area contributed by atoms with Gasteiger partial charge in [-0.15, -0.1) is 6.58 Å². The number of benzene rings is 3. The summed E-state index contributed by atoms with van der Waals surface area (Å²) in [7, 11) is 0. The Kier molecular flexibility index (Phi) is 6.14. The number of aryl methyl sites for hydroxylation is 2. The molecule has 0 N–H and O–H groups in total. The van der Waals surface area contributed by atoms with Gasteiger partial charge in [0.1, 0.15) is 5.75 Å². The summed E-state index contributed by atoms with van der Waals surface area (Å²) in [6.07, 6.45) is 7.66. The Bertz CT molecular complexity index is 951. The van der Waals surface area contributed by atoms with Gasteiger partial charge in [-0.05, 0) is 90.5 Å². The van der Waals surface area contributed by atoms with Gasteiger partial charge >= 0.3 is 0 Å². The molecule has 148 valence electrons. The van der Waals surface area contributed by atoms with Crippen LogP contribution in [0.1, 0.15) is 47.9 Å². The van der Waals surface area contributed by atoms with Crippen molar-refractivity contribution in [2.75, 3.05) is 6.61 Å². The van der Waals surface area contributed by atoms with Crippen LogP contribution in [-0.2, 0) is 19.3 Å². The minimum Gasteiger partial charge on any atom is -0.494 e. The van der Waals surface area contributed by atoms with E-state index in [1.165, 1.54) is 39.8 Å². The van der Waals surface area contributed by atoms with Crippen LogP contribution in [0.4, 0.5) is 0 Å². The van der Waals surface area contributed by atoms with Gasteiger partial charge in [0.15, 0.2) is 0 Å². The number of allylic oxidation sites excluding steroid dienone is 1. The zero-order valence-electron chi connectivity index (χ0n) is 17.4. The Labute approximate surface area is 175 Å². The summed E-state index contributed by atoms with van der Waals surface area (Å²) in [6.45, 7) is 6.54. The predicted molar refractivity (Wildman–Crippen MR) is 123 cm³/mol. The van der Waals surface area contributed by atoms with Gasteiger partial charge < -0.3 is 4.74 Å². The second-order valence-corrected chi connectivity index (χ2v) is 7.95. The van der Waals surface area contributed by atoms with Crippen molar-refractivity contribution in [3.63, 3.8) is 0 Å². The van der Waals surface area contributed by atoms with Crippen molar-refractivity contribution in [3.8, 4) is 16.9 Å². The van der Waals surface area contributed by atoms with E-state index in [9.17, 15) is 0 Å². The Morgan fingerprint density at radius 3 is 2.41 bits per heavy atom. The van der Waals surface area contributed by atoms with E-state index in [-0.39, 0.29) is 0 Å². The van der Waals surface area contributed by atoms with Crippen LogP contribution in [0.2, 0.25) is 0 Å². The van der Waals surface area contributed by atoms with Gasteiger partial charge in [-0.1, -0.05) is 60.7 Å². The van der Waals surface area contributed by atoms with Crippen LogP contribution in [0.5, 0.6) is 5.75 Å². The number of hydrogen-bond donors (Lipinski definition) is 0. The molecule has 3 aromatic rings. The molecule has 0 saturated carbocycles. The fourth-order valence-electron chi connectivity index (χ4n) is 4.35. The quantitative estimate of drug-likeness (QED) is 0.394. The van der Waals surface area contributed by atoms with Gasteiger partial charge in [0.05, 0.1) is 6.61 Å². The molecule has 0 aromatic heterocycles. The lowest BCUT2D eigenvalue weighted by Gasteiger charge is -2.26. The summed E-state index contributed by atoms with van der Waals surface area (Å²) in [5.41, 5.74) is 8.46. The molecule has 0 amide bonds. The zero-order valence-corrected chi connectivity index (χ0v) is 17.4. The summed E-state index contributed by atoms with van der Waals surface area (Å²) in [6, 6.07) is 24.7. The highest BCUT2D eigenvalue weighted by Gasteiger charge is 2.20. The molecule has 0 spiro atoms. The first-order valence-corrected chi connectivity index (χ1v) is 10.8. The first kappa shape index (κ1) is 19.5. The Morgan fingerprint density at radius 2 is 1.69 bits per heavy atom. The molecular formula is C28H30O. The van der Waals surface area contributed by atoms with E-state index in [4.69, 9.17) is 4.74 Å². The lowest BCUT2D eigenvalue weighted by molar-refractivity contribution is 0.340. The molecule has 0 saturated heterocycles. The standard InChI is InChI=1S/C28H30O/c1-3-5-6-21-7-9-22(10-8-21)24-11-13-27-20-25(12-14-26(27)19-24)23-15-17-28(18-16-23)29-4-2/h3,7-10,12,14-18,20,24H,1,4-6,11,13,19H2,2H3. The number of rotatable bonds is 7. The van der Waals surface area contributed by atoms with Gasteiger partial charge in [-0.2, -0.15) is 0 Å². The highest BCUT2D eigenvalue weighted by molar-refractivity contribution is 5.66. The molecular weight excluding hydrogens is 352 g/mol. The Morgan fingerprint density at radius 1 is 0.931 bits per heavy atom. The average molecular weight is 383 g/mol. The molecule has 29 heavy (non-hydrogen) atoms. The van der Waals surface area contributed by atoms with Gasteiger partial charge in [-0.25, -0.2) is 0 Å². The number of fused-ring (bicyclic) bond motifs is 1. The molecule has 0 fully saturated rings. The topological polar surface area (TPSA) is 9.23 Å². The normalized spacial score (nSPS) is 15.6. The molecule has 3 aromatic carbocycles. The molecule has 1 nitrogen and oxygen atoms in total. The smallest absolute Gasteiger partial charge is 0.119 e. The minimum absolute atomic E-state index is 0.632. The summed E-state index contributed by atoms with van der Waals surface area (Å²) in [4.78, 5) is 0. The van der Waals surface area contributed by atoms with Crippen molar-refractivity contribution >= 4 is 0 Å². The van der Waals surface area contributed by atoms with Crippen LogP contribution in [0.15, 0.2) is 79.4 Å². The van der Waals surface area contributed by atoms with E-state index in [2.05, 4.69) is 73.3 Å². The second-order valence-electron chi connectivity index (χ2n) is 7.95. The van der Waals surface area contributed by atoms with Gasteiger partial charge in [0.25, 0.3) is 0 Å². The summed E-state index contributed by atoms with van der Waals surface area (Å²) >= 11 is 0. The van der Waals surface area contributed by atoms with Crippen molar-refractivity contribution in [1.29, 1.82) is 0 Å². The average Bonchev–Trinajstić information content (AvgIpc) is 2.78. The maximum absolute atomic E-state index is 5.56. The summed E-state index contributed by atoms with van der Waals surface area (Å²) in [5.74, 6) is 1.57. The fraction of sp³-hybridized carbons (Fsp3) is 0.286. The van der Waals surface area contributed by atoms with E-state index >= 15 is 0 Å². The van der Waals surface area contributed by atoms with Crippen LogP contribution in [0.25, 0.3) is 11.1 Å². The molecule has 1 aliphatic rings. The highest BCUT2D eigenvalue weighted by Crippen LogP contribution is 2.35. The third-order valence-electron chi connectivity index (χ3n) is 6.02. The van der Waals surface area contributed by atoms with Crippen LogP contribution in [-0.4, -0.2) is 6.61 Å². The SMILES string of the molecule is C=CCCc1ccc(C2CCc3cc(-c4ccc(OCC)cc4)ccc3C2)cc1. The summed E-state index contributed by atoms with van der Waals surface area (Å²) < 4.78 is 5.56. The zero-order chi connectivity index (χ0) is 20.1. The van der Waals surface area contributed by atoms with E-state index in [0.29, 0.717) is 12.5 Å². The first-order chi connectivity index (χ1) is 14.3. The van der Waals surface area contributed by atoms with Crippen molar-refractivity contribution in [3.05, 3.63) is 102 Å². The summed E-state index contributed by atoms with van der Waals surface area (Å²) in [5, 5.41) is 0. The molecule has 1 unspecified atom stereocenters. The third kappa shape index (κ3) is 4.62. The molecule has 0 radical (unpaired) electrons. The van der Waals surface area contributed by atoms with Gasteiger partial charge in [-0.3, -0.25) is 0 Å². The Hall–Kier alpha value is -2.80. The van der Waals surface area contributed by atoms with E-state index in [1.54, 1.807) is 0 Å². The second kappa shape index (κ2) is 9.13. The maximum atomic E-state index is 5.56. The molecule has 0 aliphatic heterocycles. The van der Waals surface area contributed by atoms with Crippen molar-refractivity contribution in [2.45, 2.75) is 44.9 Å². The first-order valence-electron chi connectivity index (χ1n) is 10.8. The molecule has 0 heterocycles. The molecule has 0 bridgehead atoms. The van der Waals surface area contributed by atoms with Gasteiger partial charge in [0.2, 0.25) is 0 Å². The Balaban J connectivity index is 1.47. The van der Waals surface area contributed by atoms with Gasteiger partial charge in [0, 0.05) is 0 Å². The molecule has 1 atom stereocenters. The number of hydrogen-bond acceptors (Lipinski definition) is 1. The third-order valence-corrected chi connectivity index (χ3v) is 6.02. The van der Waals surface area contributed by atoms with Crippen molar-refractivity contribution in [2.24, 2.45) is 0 Å². The highest BCUT2D eigenvalue weighted by atomic mass is 16.5. The van der Waals surface area contributed by atoms with Crippen molar-refractivity contribution < 1.29 is 4.74 Å². The molecule has 1 heteroatoms. The monoisotopic (exact) mass is 382 g/mol. The van der Waals surface area contributed by atoms with Crippen molar-refractivity contribution in [1.82, 2.24) is 0 Å². The van der Waals surface area contributed by atoms with Crippen LogP contribution in [0, 0.1) is 0 Å². The fourth-order valence-corrected chi connectivity index (χ4v) is 4.35. The molecule has 1 aliphatic carbocycles. The number of ether oxygens (including phenoxy) is 1.